The third-order valence-electron chi connectivity index (χ3n) is 4.81. The maximum absolute atomic E-state index is 12.7. The van der Waals surface area contributed by atoms with Crippen molar-refractivity contribution in [2.75, 3.05) is 0 Å². The Balaban J connectivity index is 1.99. The summed E-state index contributed by atoms with van der Waals surface area (Å²) < 4.78 is 1.99. The van der Waals surface area contributed by atoms with Gasteiger partial charge in [-0.1, -0.05) is 32.0 Å². The Morgan fingerprint density at radius 3 is 2.70 bits per heavy atom. The van der Waals surface area contributed by atoms with Crippen LogP contribution in [0.15, 0.2) is 24.3 Å². The number of fused-ring (bicyclic) bond motifs is 1. The van der Waals surface area contributed by atoms with Crippen molar-refractivity contribution >= 4 is 5.91 Å². The molecule has 0 saturated heterocycles. The Labute approximate surface area is 137 Å². The minimum atomic E-state index is -0.0239. The SMILES string of the molecule is CCC(CC)NC(=O)c1nn(-c2ccccc2C)c2c1CCC2. The van der Waals surface area contributed by atoms with Gasteiger partial charge in [0.05, 0.1) is 5.69 Å². The van der Waals surface area contributed by atoms with E-state index in [-0.39, 0.29) is 11.9 Å². The highest BCUT2D eigenvalue weighted by atomic mass is 16.2. The second kappa shape index (κ2) is 6.57. The van der Waals surface area contributed by atoms with Crippen LogP contribution in [0, 0.1) is 6.92 Å². The number of benzene rings is 1. The molecule has 0 aliphatic heterocycles. The molecule has 0 saturated carbocycles. The number of hydrogen-bond acceptors (Lipinski definition) is 2. The largest absolute Gasteiger partial charge is 0.348 e. The van der Waals surface area contributed by atoms with Gasteiger partial charge in [-0.15, -0.1) is 0 Å². The predicted molar refractivity (Wildman–Crippen MR) is 92.2 cm³/mol. The Hall–Kier alpha value is -2.10. The molecular formula is C19H25N3O. The standard InChI is InChI=1S/C19H25N3O/c1-4-14(5-2)20-19(23)18-15-10-8-12-17(15)22(21-18)16-11-7-6-9-13(16)3/h6-7,9,11,14H,4-5,8,10,12H2,1-3H3,(H,20,23). The summed E-state index contributed by atoms with van der Waals surface area (Å²) in [5.41, 5.74) is 5.21. The van der Waals surface area contributed by atoms with Crippen LogP contribution in [-0.2, 0) is 12.8 Å². The van der Waals surface area contributed by atoms with E-state index in [1.165, 1.54) is 11.3 Å². The Bertz CT molecular complexity index is 713. The molecule has 3 rings (SSSR count). The lowest BCUT2D eigenvalue weighted by atomic mass is 10.1. The molecule has 0 radical (unpaired) electrons. The topological polar surface area (TPSA) is 46.9 Å². The highest BCUT2D eigenvalue weighted by Gasteiger charge is 2.27. The first-order chi connectivity index (χ1) is 11.2. The third kappa shape index (κ3) is 2.90. The van der Waals surface area contributed by atoms with Crippen molar-refractivity contribution in [3.8, 4) is 5.69 Å². The van der Waals surface area contributed by atoms with Gasteiger partial charge in [0, 0.05) is 17.3 Å². The average Bonchev–Trinajstić information content (AvgIpc) is 3.15. The summed E-state index contributed by atoms with van der Waals surface area (Å²) in [6, 6.07) is 8.44. The normalized spacial score (nSPS) is 13.4. The van der Waals surface area contributed by atoms with Crippen molar-refractivity contribution in [3.63, 3.8) is 0 Å². The quantitative estimate of drug-likeness (QED) is 0.917. The van der Waals surface area contributed by atoms with E-state index in [0.717, 1.165) is 43.4 Å². The van der Waals surface area contributed by atoms with Gasteiger partial charge >= 0.3 is 0 Å². The fourth-order valence-corrected chi connectivity index (χ4v) is 3.37. The van der Waals surface area contributed by atoms with Crippen LogP contribution in [0.3, 0.4) is 0 Å². The minimum absolute atomic E-state index is 0.0239. The van der Waals surface area contributed by atoms with E-state index in [1.54, 1.807) is 0 Å². The molecule has 4 nitrogen and oxygen atoms in total. The number of amides is 1. The zero-order chi connectivity index (χ0) is 16.4. The number of rotatable bonds is 5. The summed E-state index contributed by atoms with van der Waals surface area (Å²) in [4.78, 5) is 12.7. The summed E-state index contributed by atoms with van der Waals surface area (Å²) in [5, 5.41) is 7.82. The van der Waals surface area contributed by atoms with Gasteiger partial charge < -0.3 is 5.32 Å². The first-order valence-electron chi connectivity index (χ1n) is 8.63. The van der Waals surface area contributed by atoms with Gasteiger partial charge in [-0.2, -0.15) is 5.10 Å². The Kier molecular flexibility index (Phi) is 4.51. The van der Waals surface area contributed by atoms with E-state index in [2.05, 4.69) is 43.3 Å². The van der Waals surface area contributed by atoms with Crippen LogP contribution >= 0.6 is 0 Å². The molecule has 2 aromatic rings. The van der Waals surface area contributed by atoms with E-state index in [4.69, 9.17) is 0 Å². The van der Waals surface area contributed by atoms with Gasteiger partial charge in [0.15, 0.2) is 5.69 Å². The number of para-hydroxylation sites is 1. The molecule has 122 valence electrons. The van der Waals surface area contributed by atoms with Gasteiger partial charge in [0.25, 0.3) is 5.91 Å². The summed E-state index contributed by atoms with van der Waals surface area (Å²) in [5.74, 6) is -0.0239. The highest BCUT2D eigenvalue weighted by Crippen LogP contribution is 2.28. The Morgan fingerprint density at radius 2 is 2.00 bits per heavy atom. The maximum atomic E-state index is 12.7. The van der Waals surface area contributed by atoms with Crippen LogP contribution in [0.2, 0.25) is 0 Å². The molecule has 0 bridgehead atoms. The summed E-state index contributed by atoms with van der Waals surface area (Å²) in [6.07, 6.45) is 4.94. The van der Waals surface area contributed by atoms with E-state index >= 15 is 0 Å². The van der Waals surface area contributed by atoms with Crippen molar-refractivity contribution in [1.29, 1.82) is 0 Å². The molecule has 1 heterocycles. The average molecular weight is 311 g/mol. The van der Waals surface area contributed by atoms with Gasteiger partial charge in [0.2, 0.25) is 0 Å². The fourth-order valence-electron chi connectivity index (χ4n) is 3.37. The second-order valence-corrected chi connectivity index (χ2v) is 6.31. The first-order valence-corrected chi connectivity index (χ1v) is 8.63. The molecule has 1 aromatic heterocycles. The summed E-state index contributed by atoms with van der Waals surface area (Å²) in [7, 11) is 0. The van der Waals surface area contributed by atoms with Gasteiger partial charge in [0.1, 0.15) is 0 Å². The lowest BCUT2D eigenvalue weighted by molar-refractivity contribution is 0.0928. The zero-order valence-corrected chi connectivity index (χ0v) is 14.2. The van der Waals surface area contributed by atoms with Crippen molar-refractivity contribution in [2.45, 2.75) is 58.9 Å². The summed E-state index contributed by atoms with van der Waals surface area (Å²) >= 11 is 0. The van der Waals surface area contributed by atoms with Crippen LogP contribution in [0.5, 0.6) is 0 Å². The minimum Gasteiger partial charge on any atom is -0.348 e. The molecule has 4 heteroatoms. The molecule has 1 aliphatic rings. The molecule has 0 spiro atoms. The highest BCUT2D eigenvalue weighted by molar-refractivity contribution is 5.94. The molecule has 1 amide bonds. The van der Waals surface area contributed by atoms with Gasteiger partial charge in [-0.05, 0) is 50.7 Å². The summed E-state index contributed by atoms with van der Waals surface area (Å²) in [6.45, 7) is 6.29. The van der Waals surface area contributed by atoms with Gasteiger partial charge in [-0.25, -0.2) is 4.68 Å². The molecule has 0 atom stereocenters. The number of hydrogen-bond donors (Lipinski definition) is 1. The van der Waals surface area contributed by atoms with Crippen molar-refractivity contribution in [3.05, 3.63) is 46.8 Å². The monoisotopic (exact) mass is 311 g/mol. The van der Waals surface area contributed by atoms with Crippen LogP contribution in [-0.4, -0.2) is 21.7 Å². The number of carbonyl (C=O) groups excluding carboxylic acids is 1. The second-order valence-electron chi connectivity index (χ2n) is 6.31. The molecule has 0 unspecified atom stereocenters. The zero-order valence-electron chi connectivity index (χ0n) is 14.2. The van der Waals surface area contributed by atoms with Crippen LogP contribution < -0.4 is 5.32 Å². The Morgan fingerprint density at radius 1 is 1.26 bits per heavy atom. The van der Waals surface area contributed by atoms with Crippen molar-refractivity contribution < 1.29 is 4.79 Å². The number of nitrogens with zero attached hydrogens (tertiary/aromatic N) is 2. The number of aromatic nitrogens is 2. The predicted octanol–water partition coefficient (Wildman–Crippen LogP) is 3.59. The molecule has 0 fully saturated rings. The molecule has 1 N–H and O–H groups in total. The number of aryl methyl sites for hydroxylation is 1. The first kappa shape index (κ1) is 15.8. The van der Waals surface area contributed by atoms with E-state index in [9.17, 15) is 4.79 Å². The lowest BCUT2D eigenvalue weighted by Gasteiger charge is -2.14. The van der Waals surface area contributed by atoms with E-state index in [0.29, 0.717) is 5.69 Å². The van der Waals surface area contributed by atoms with E-state index in [1.807, 2.05) is 16.8 Å². The molecule has 1 aliphatic carbocycles. The fraction of sp³-hybridized carbons (Fsp3) is 0.474. The molecule has 1 aromatic carbocycles. The van der Waals surface area contributed by atoms with E-state index < -0.39 is 0 Å². The smallest absolute Gasteiger partial charge is 0.272 e. The molecular weight excluding hydrogens is 286 g/mol. The van der Waals surface area contributed by atoms with Gasteiger partial charge in [-0.3, -0.25) is 4.79 Å². The van der Waals surface area contributed by atoms with Crippen molar-refractivity contribution in [1.82, 2.24) is 15.1 Å². The van der Waals surface area contributed by atoms with Crippen LogP contribution in [0.4, 0.5) is 0 Å². The van der Waals surface area contributed by atoms with Crippen LogP contribution in [0.25, 0.3) is 5.69 Å². The maximum Gasteiger partial charge on any atom is 0.272 e. The van der Waals surface area contributed by atoms with Crippen LogP contribution in [0.1, 0.15) is 60.4 Å². The molecule has 23 heavy (non-hydrogen) atoms. The third-order valence-corrected chi connectivity index (χ3v) is 4.81. The number of nitrogens with one attached hydrogen (secondary N) is 1. The number of carbonyl (C=O) groups is 1. The lowest BCUT2D eigenvalue weighted by Crippen LogP contribution is -2.34. The van der Waals surface area contributed by atoms with Crippen molar-refractivity contribution in [2.24, 2.45) is 0 Å².